The van der Waals surface area contributed by atoms with Crippen LogP contribution in [0.25, 0.3) is 55.3 Å². The highest BCUT2D eigenvalue weighted by Crippen LogP contribution is 2.57. The molecule has 0 spiro atoms. The first kappa shape index (κ1) is 29.9. The fourth-order valence-corrected chi connectivity index (χ4v) is 8.12. The molecule has 9 rings (SSSR count). The van der Waals surface area contributed by atoms with Crippen LogP contribution in [-0.2, 0) is 5.41 Å². The van der Waals surface area contributed by atoms with Crippen molar-refractivity contribution in [2.45, 2.75) is 19.3 Å². The number of benzene rings is 8. The number of hydrogen-bond donors (Lipinski definition) is 0. The predicted molar refractivity (Wildman–Crippen MR) is 213 cm³/mol. The summed E-state index contributed by atoms with van der Waals surface area (Å²) in [6.45, 7) is 4.74. The van der Waals surface area contributed by atoms with Crippen LogP contribution >= 0.6 is 0 Å². The minimum atomic E-state index is -0.139. The van der Waals surface area contributed by atoms with Crippen LogP contribution in [0.4, 0.5) is 17.1 Å². The van der Waals surface area contributed by atoms with E-state index in [0.29, 0.717) is 0 Å². The highest BCUT2D eigenvalue weighted by atomic mass is 15.1. The number of hydrogen-bond acceptors (Lipinski definition) is 1. The third-order valence-corrected chi connectivity index (χ3v) is 10.5. The Bertz CT molecular complexity index is 2510. The standard InChI is InChI=1S/C49H37N/c1-49(2)44-31-17-15-30-43(44)47-45(49)33-35-21-9-10-25-38(35)48(47)50(36-22-7-4-8-23-36)46-32-18-16-29-42(46)41-28-14-13-27-40(41)39-26-12-11-24-37(39)34-19-5-3-6-20-34/h3-33H,1-2H3. The van der Waals surface area contributed by atoms with Crippen LogP contribution < -0.4 is 4.90 Å². The molecule has 1 aliphatic rings. The van der Waals surface area contributed by atoms with Crippen molar-refractivity contribution in [1.29, 1.82) is 0 Å². The second-order valence-electron chi connectivity index (χ2n) is 13.7. The molecule has 0 heterocycles. The van der Waals surface area contributed by atoms with E-state index in [2.05, 4.69) is 207 Å². The van der Waals surface area contributed by atoms with Gasteiger partial charge < -0.3 is 4.90 Å². The number of nitrogens with zero attached hydrogens (tertiary/aromatic N) is 1. The van der Waals surface area contributed by atoms with E-state index in [1.165, 1.54) is 72.1 Å². The van der Waals surface area contributed by atoms with Gasteiger partial charge in [-0.3, -0.25) is 0 Å². The summed E-state index contributed by atoms with van der Waals surface area (Å²) in [5, 5.41) is 2.48. The molecule has 0 bridgehead atoms. The molecule has 0 N–H and O–H groups in total. The minimum Gasteiger partial charge on any atom is -0.309 e. The Morgan fingerprint density at radius 3 is 1.62 bits per heavy atom. The zero-order valence-corrected chi connectivity index (χ0v) is 28.3. The van der Waals surface area contributed by atoms with Crippen molar-refractivity contribution in [3.8, 4) is 44.5 Å². The monoisotopic (exact) mass is 639 g/mol. The van der Waals surface area contributed by atoms with Crippen LogP contribution in [0.2, 0.25) is 0 Å². The average molecular weight is 640 g/mol. The zero-order chi connectivity index (χ0) is 33.7. The molecule has 0 amide bonds. The number of fused-ring (bicyclic) bond motifs is 4. The van der Waals surface area contributed by atoms with Crippen molar-refractivity contribution in [3.05, 3.63) is 199 Å². The average Bonchev–Trinajstić information content (AvgIpc) is 3.41. The van der Waals surface area contributed by atoms with E-state index >= 15 is 0 Å². The van der Waals surface area contributed by atoms with Gasteiger partial charge in [0.1, 0.15) is 0 Å². The molecule has 0 unspecified atom stereocenters. The Hall–Kier alpha value is -6.18. The van der Waals surface area contributed by atoms with Crippen LogP contribution in [0.3, 0.4) is 0 Å². The maximum Gasteiger partial charge on any atom is 0.0621 e. The summed E-state index contributed by atoms with van der Waals surface area (Å²) in [6, 6.07) is 68.5. The third kappa shape index (κ3) is 4.77. The summed E-state index contributed by atoms with van der Waals surface area (Å²) in [7, 11) is 0. The van der Waals surface area contributed by atoms with Crippen molar-refractivity contribution >= 4 is 27.8 Å². The minimum absolute atomic E-state index is 0.139. The van der Waals surface area contributed by atoms with Gasteiger partial charge in [0, 0.05) is 27.6 Å². The van der Waals surface area contributed by atoms with Crippen LogP contribution in [0.5, 0.6) is 0 Å². The topological polar surface area (TPSA) is 3.24 Å². The summed E-state index contributed by atoms with van der Waals surface area (Å²) in [5.41, 5.74) is 16.0. The molecule has 1 aliphatic carbocycles. The van der Waals surface area contributed by atoms with Gasteiger partial charge in [0.2, 0.25) is 0 Å². The Balaban J connectivity index is 1.36. The van der Waals surface area contributed by atoms with Gasteiger partial charge in [-0.15, -0.1) is 0 Å². The molecule has 1 heteroatoms. The molecule has 0 atom stereocenters. The molecular formula is C49H37N. The highest BCUT2D eigenvalue weighted by Gasteiger charge is 2.39. The molecule has 238 valence electrons. The van der Waals surface area contributed by atoms with Crippen LogP contribution in [0.1, 0.15) is 25.0 Å². The smallest absolute Gasteiger partial charge is 0.0621 e. The molecule has 8 aromatic rings. The third-order valence-electron chi connectivity index (χ3n) is 10.5. The second-order valence-corrected chi connectivity index (χ2v) is 13.7. The molecule has 8 aromatic carbocycles. The predicted octanol–water partition coefficient (Wildman–Crippen LogP) is 13.6. The lowest BCUT2D eigenvalue weighted by atomic mass is 9.81. The van der Waals surface area contributed by atoms with E-state index in [4.69, 9.17) is 0 Å². The molecule has 0 aliphatic heterocycles. The molecule has 0 saturated heterocycles. The Kier molecular flexibility index (Phi) is 7.21. The largest absolute Gasteiger partial charge is 0.309 e. The van der Waals surface area contributed by atoms with E-state index < -0.39 is 0 Å². The molecule has 0 saturated carbocycles. The van der Waals surface area contributed by atoms with Crippen molar-refractivity contribution in [2.24, 2.45) is 0 Å². The summed E-state index contributed by atoms with van der Waals surface area (Å²) < 4.78 is 0. The fourth-order valence-electron chi connectivity index (χ4n) is 8.12. The van der Waals surface area contributed by atoms with Crippen LogP contribution in [0, 0.1) is 0 Å². The van der Waals surface area contributed by atoms with Gasteiger partial charge in [-0.1, -0.05) is 178 Å². The molecule has 0 fully saturated rings. The number of rotatable bonds is 6. The van der Waals surface area contributed by atoms with E-state index in [-0.39, 0.29) is 5.41 Å². The van der Waals surface area contributed by atoms with E-state index in [9.17, 15) is 0 Å². The molecule has 1 nitrogen and oxygen atoms in total. The Labute approximate surface area is 294 Å². The Morgan fingerprint density at radius 1 is 0.400 bits per heavy atom. The van der Waals surface area contributed by atoms with Gasteiger partial charge in [-0.2, -0.15) is 0 Å². The maximum atomic E-state index is 2.52. The SMILES string of the molecule is CC1(C)c2ccccc2-c2c1cc1ccccc1c2N(c1ccccc1)c1ccccc1-c1ccccc1-c1ccccc1-c1ccccc1. The molecular weight excluding hydrogens is 603 g/mol. The Morgan fingerprint density at radius 2 is 0.900 bits per heavy atom. The number of para-hydroxylation sites is 2. The van der Waals surface area contributed by atoms with Gasteiger partial charge in [0.05, 0.1) is 11.4 Å². The lowest BCUT2D eigenvalue weighted by Gasteiger charge is -2.32. The van der Waals surface area contributed by atoms with Crippen molar-refractivity contribution in [1.82, 2.24) is 0 Å². The summed E-state index contributed by atoms with van der Waals surface area (Å²) in [6.07, 6.45) is 0. The van der Waals surface area contributed by atoms with Crippen molar-refractivity contribution < 1.29 is 0 Å². The van der Waals surface area contributed by atoms with Gasteiger partial charge in [-0.05, 0) is 74.2 Å². The van der Waals surface area contributed by atoms with Crippen LogP contribution in [-0.4, -0.2) is 0 Å². The molecule has 0 radical (unpaired) electrons. The van der Waals surface area contributed by atoms with E-state index in [1.54, 1.807) is 0 Å². The van der Waals surface area contributed by atoms with E-state index in [1.807, 2.05) is 0 Å². The first-order valence-electron chi connectivity index (χ1n) is 17.5. The quantitative estimate of drug-likeness (QED) is 0.175. The second kappa shape index (κ2) is 12.1. The van der Waals surface area contributed by atoms with Crippen molar-refractivity contribution in [2.75, 3.05) is 4.90 Å². The summed E-state index contributed by atoms with van der Waals surface area (Å²) in [5.74, 6) is 0. The van der Waals surface area contributed by atoms with Gasteiger partial charge in [-0.25, -0.2) is 0 Å². The van der Waals surface area contributed by atoms with Crippen LogP contribution in [0.15, 0.2) is 188 Å². The number of anilines is 3. The first-order valence-corrected chi connectivity index (χ1v) is 17.5. The summed E-state index contributed by atoms with van der Waals surface area (Å²) >= 11 is 0. The normalized spacial score (nSPS) is 12.8. The highest BCUT2D eigenvalue weighted by molar-refractivity contribution is 6.11. The zero-order valence-electron chi connectivity index (χ0n) is 28.3. The lowest BCUT2D eigenvalue weighted by molar-refractivity contribution is 0.661. The van der Waals surface area contributed by atoms with Crippen molar-refractivity contribution in [3.63, 3.8) is 0 Å². The summed E-state index contributed by atoms with van der Waals surface area (Å²) in [4.78, 5) is 2.52. The first-order chi connectivity index (χ1) is 24.6. The van der Waals surface area contributed by atoms with Gasteiger partial charge in [0.15, 0.2) is 0 Å². The lowest BCUT2D eigenvalue weighted by Crippen LogP contribution is -2.16. The van der Waals surface area contributed by atoms with Gasteiger partial charge in [0.25, 0.3) is 0 Å². The molecule has 0 aromatic heterocycles. The fraction of sp³-hybridized carbons (Fsp3) is 0.0612. The maximum absolute atomic E-state index is 2.52. The van der Waals surface area contributed by atoms with Gasteiger partial charge >= 0.3 is 0 Å². The van der Waals surface area contributed by atoms with E-state index in [0.717, 1.165) is 11.4 Å². The molecule has 50 heavy (non-hydrogen) atoms.